The highest BCUT2D eigenvalue weighted by atomic mass is 16.2. The number of hydrogen-bond donors (Lipinski definition) is 1. The smallest absolute Gasteiger partial charge is 0.242 e. The fourth-order valence-electron chi connectivity index (χ4n) is 3.29. The number of amides is 2. The van der Waals surface area contributed by atoms with Crippen molar-refractivity contribution in [3.63, 3.8) is 0 Å². The molecule has 0 aliphatic rings. The van der Waals surface area contributed by atoms with E-state index in [0.717, 1.165) is 23.1 Å². The fraction of sp³-hybridized carbons (Fsp3) is 0.391. The van der Waals surface area contributed by atoms with Crippen molar-refractivity contribution in [2.45, 2.75) is 46.1 Å². The minimum Gasteiger partial charge on any atom is -0.355 e. The highest BCUT2D eigenvalue weighted by molar-refractivity contribution is 5.88. The maximum absolute atomic E-state index is 13.1. The Labute approximate surface area is 162 Å². The van der Waals surface area contributed by atoms with Gasteiger partial charge in [-0.3, -0.25) is 9.59 Å². The number of rotatable bonds is 9. The Balaban J connectivity index is 2.18. The summed E-state index contributed by atoms with van der Waals surface area (Å²) in [5.74, 6) is -0.0831. The van der Waals surface area contributed by atoms with Gasteiger partial charge < -0.3 is 10.2 Å². The maximum atomic E-state index is 13.1. The minimum atomic E-state index is -0.439. The van der Waals surface area contributed by atoms with Crippen LogP contribution in [0.25, 0.3) is 0 Å². The van der Waals surface area contributed by atoms with Crippen LogP contribution in [-0.2, 0) is 22.4 Å². The molecule has 2 amide bonds. The molecule has 0 aliphatic carbocycles. The standard InChI is InChI=1S/C23H30N2O2/c1-4-21(23(27)24-5-2)25(15-14-19-11-7-6-8-12-19)22(26)17-20-13-9-10-18(3)16-20/h6-13,16,21H,4-5,14-15,17H2,1-3H3,(H,24,27)/t21-/m1/s1. The zero-order valence-electron chi connectivity index (χ0n) is 16.6. The summed E-state index contributed by atoms with van der Waals surface area (Å²) in [6, 6.07) is 17.6. The normalized spacial score (nSPS) is 11.7. The molecule has 4 nitrogen and oxygen atoms in total. The lowest BCUT2D eigenvalue weighted by atomic mass is 10.0. The number of likely N-dealkylation sites (N-methyl/N-ethyl adjacent to an activating group) is 1. The summed E-state index contributed by atoms with van der Waals surface area (Å²) in [6.45, 7) is 6.96. The lowest BCUT2D eigenvalue weighted by Gasteiger charge is -2.30. The first-order valence-corrected chi connectivity index (χ1v) is 9.71. The highest BCUT2D eigenvalue weighted by Crippen LogP contribution is 2.13. The molecule has 0 aliphatic heterocycles. The largest absolute Gasteiger partial charge is 0.355 e. The van der Waals surface area contributed by atoms with E-state index in [9.17, 15) is 9.59 Å². The van der Waals surface area contributed by atoms with Crippen molar-refractivity contribution in [1.82, 2.24) is 10.2 Å². The van der Waals surface area contributed by atoms with Crippen molar-refractivity contribution in [1.29, 1.82) is 0 Å². The lowest BCUT2D eigenvalue weighted by molar-refractivity contribution is -0.140. The van der Waals surface area contributed by atoms with E-state index in [0.29, 0.717) is 25.9 Å². The first kappa shape index (κ1) is 20.7. The van der Waals surface area contributed by atoms with Crippen LogP contribution < -0.4 is 5.32 Å². The summed E-state index contributed by atoms with van der Waals surface area (Å²) in [6.07, 6.45) is 1.64. The number of hydrogen-bond acceptors (Lipinski definition) is 2. The van der Waals surface area contributed by atoms with Crippen LogP contribution in [0.3, 0.4) is 0 Å². The summed E-state index contributed by atoms with van der Waals surface area (Å²) in [7, 11) is 0. The topological polar surface area (TPSA) is 49.4 Å². The van der Waals surface area contributed by atoms with E-state index in [-0.39, 0.29) is 11.8 Å². The molecule has 2 aromatic rings. The molecule has 0 spiro atoms. The van der Waals surface area contributed by atoms with Gasteiger partial charge in [0, 0.05) is 13.1 Å². The third-order valence-electron chi connectivity index (χ3n) is 4.66. The number of carbonyl (C=O) groups excluding carboxylic acids is 2. The molecule has 0 saturated heterocycles. The van der Waals surface area contributed by atoms with E-state index in [2.05, 4.69) is 17.4 Å². The molecular formula is C23H30N2O2. The van der Waals surface area contributed by atoms with Gasteiger partial charge in [0.1, 0.15) is 6.04 Å². The average Bonchev–Trinajstić information content (AvgIpc) is 2.66. The number of aryl methyl sites for hydroxylation is 1. The zero-order chi connectivity index (χ0) is 19.6. The SMILES string of the molecule is CCNC(=O)[C@@H](CC)N(CCc1ccccc1)C(=O)Cc1cccc(C)c1. The molecule has 1 atom stereocenters. The Hall–Kier alpha value is -2.62. The second kappa shape index (κ2) is 10.5. The Bertz CT molecular complexity index is 743. The monoisotopic (exact) mass is 366 g/mol. The summed E-state index contributed by atoms with van der Waals surface area (Å²) in [5.41, 5.74) is 3.28. The van der Waals surface area contributed by atoms with Crippen LogP contribution in [-0.4, -0.2) is 35.8 Å². The molecule has 0 unspecified atom stereocenters. The highest BCUT2D eigenvalue weighted by Gasteiger charge is 2.27. The van der Waals surface area contributed by atoms with Gasteiger partial charge in [-0.1, -0.05) is 67.1 Å². The zero-order valence-corrected chi connectivity index (χ0v) is 16.6. The van der Waals surface area contributed by atoms with Gasteiger partial charge in [0.25, 0.3) is 0 Å². The van der Waals surface area contributed by atoms with Crippen molar-refractivity contribution in [3.8, 4) is 0 Å². The average molecular weight is 367 g/mol. The minimum absolute atomic E-state index is 0.00497. The van der Waals surface area contributed by atoms with Crippen molar-refractivity contribution in [2.75, 3.05) is 13.1 Å². The Morgan fingerprint density at radius 1 is 1.00 bits per heavy atom. The van der Waals surface area contributed by atoms with Crippen LogP contribution >= 0.6 is 0 Å². The maximum Gasteiger partial charge on any atom is 0.242 e. The fourth-order valence-corrected chi connectivity index (χ4v) is 3.29. The number of nitrogens with one attached hydrogen (secondary N) is 1. The summed E-state index contributed by atoms with van der Waals surface area (Å²) < 4.78 is 0. The lowest BCUT2D eigenvalue weighted by Crippen LogP contribution is -2.50. The Kier molecular flexibility index (Phi) is 8.05. The Morgan fingerprint density at radius 3 is 2.33 bits per heavy atom. The molecule has 0 aromatic heterocycles. The first-order valence-electron chi connectivity index (χ1n) is 9.71. The van der Waals surface area contributed by atoms with E-state index in [1.54, 1.807) is 4.90 Å². The van der Waals surface area contributed by atoms with Gasteiger partial charge in [-0.05, 0) is 37.8 Å². The predicted molar refractivity (Wildman–Crippen MR) is 110 cm³/mol. The molecule has 2 rings (SSSR count). The van der Waals surface area contributed by atoms with Gasteiger partial charge in [-0.25, -0.2) is 0 Å². The second-order valence-corrected chi connectivity index (χ2v) is 6.81. The van der Waals surface area contributed by atoms with Crippen molar-refractivity contribution in [3.05, 3.63) is 71.3 Å². The van der Waals surface area contributed by atoms with Gasteiger partial charge in [-0.2, -0.15) is 0 Å². The number of carbonyl (C=O) groups is 2. The van der Waals surface area contributed by atoms with Gasteiger partial charge in [0.2, 0.25) is 11.8 Å². The molecular weight excluding hydrogens is 336 g/mol. The summed E-state index contributed by atoms with van der Waals surface area (Å²) in [5, 5.41) is 2.87. The third kappa shape index (κ3) is 6.24. The quantitative estimate of drug-likeness (QED) is 0.738. The molecule has 1 N–H and O–H groups in total. The van der Waals surface area contributed by atoms with Crippen LogP contribution in [0.5, 0.6) is 0 Å². The van der Waals surface area contributed by atoms with E-state index >= 15 is 0 Å². The van der Waals surface area contributed by atoms with Crippen LogP contribution in [0.4, 0.5) is 0 Å². The van der Waals surface area contributed by atoms with E-state index in [4.69, 9.17) is 0 Å². The van der Waals surface area contributed by atoms with Crippen LogP contribution in [0.1, 0.15) is 37.0 Å². The third-order valence-corrected chi connectivity index (χ3v) is 4.66. The molecule has 0 radical (unpaired) electrons. The first-order chi connectivity index (χ1) is 13.0. The van der Waals surface area contributed by atoms with Crippen molar-refractivity contribution >= 4 is 11.8 Å². The second-order valence-electron chi connectivity index (χ2n) is 6.81. The van der Waals surface area contributed by atoms with Gasteiger partial charge in [0.15, 0.2) is 0 Å². The van der Waals surface area contributed by atoms with Crippen molar-refractivity contribution < 1.29 is 9.59 Å². The van der Waals surface area contributed by atoms with Gasteiger partial charge in [-0.15, -0.1) is 0 Å². The van der Waals surface area contributed by atoms with Gasteiger partial charge in [0.05, 0.1) is 6.42 Å². The predicted octanol–water partition coefficient (Wildman–Crippen LogP) is 3.52. The van der Waals surface area contributed by atoms with Crippen LogP contribution in [0, 0.1) is 6.92 Å². The Morgan fingerprint density at radius 2 is 1.70 bits per heavy atom. The molecule has 27 heavy (non-hydrogen) atoms. The molecule has 0 saturated carbocycles. The summed E-state index contributed by atoms with van der Waals surface area (Å²) >= 11 is 0. The molecule has 0 bridgehead atoms. The number of nitrogens with zero attached hydrogens (tertiary/aromatic N) is 1. The molecule has 2 aromatic carbocycles. The van der Waals surface area contributed by atoms with E-state index in [1.165, 1.54) is 0 Å². The molecule has 0 heterocycles. The molecule has 144 valence electrons. The van der Waals surface area contributed by atoms with Crippen LogP contribution in [0.15, 0.2) is 54.6 Å². The molecule has 0 fully saturated rings. The van der Waals surface area contributed by atoms with E-state index in [1.807, 2.05) is 63.2 Å². The van der Waals surface area contributed by atoms with Gasteiger partial charge >= 0.3 is 0 Å². The summed E-state index contributed by atoms with van der Waals surface area (Å²) in [4.78, 5) is 27.4. The van der Waals surface area contributed by atoms with E-state index < -0.39 is 6.04 Å². The molecule has 4 heteroatoms. The van der Waals surface area contributed by atoms with Crippen molar-refractivity contribution in [2.24, 2.45) is 0 Å². The van der Waals surface area contributed by atoms with Crippen LogP contribution in [0.2, 0.25) is 0 Å². The number of benzene rings is 2.